The summed E-state index contributed by atoms with van der Waals surface area (Å²) in [4.78, 5) is 6.34. The Bertz CT molecular complexity index is 513. The number of hydrogen-bond acceptors (Lipinski definition) is 4. The first kappa shape index (κ1) is 12.4. The van der Waals surface area contributed by atoms with Crippen LogP contribution in [0.5, 0.6) is 0 Å². The Hall–Kier alpha value is -2.04. The summed E-state index contributed by atoms with van der Waals surface area (Å²) in [7, 11) is 5.91. The minimum Gasteiger partial charge on any atom is -0.380 e. The van der Waals surface area contributed by atoms with Crippen molar-refractivity contribution in [3.63, 3.8) is 0 Å². The van der Waals surface area contributed by atoms with Gasteiger partial charge in [0.25, 0.3) is 0 Å². The van der Waals surface area contributed by atoms with Crippen molar-refractivity contribution in [1.29, 1.82) is 0 Å². The van der Waals surface area contributed by atoms with Crippen molar-refractivity contribution in [1.82, 2.24) is 14.8 Å². The van der Waals surface area contributed by atoms with Crippen molar-refractivity contribution in [3.05, 3.63) is 35.8 Å². The Morgan fingerprint density at radius 2 is 2.06 bits per heavy atom. The quantitative estimate of drug-likeness (QED) is 0.892. The second kappa shape index (κ2) is 5.08. The van der Waals surface area contributed by atoms with Gasteiger partial charge >= 0.3 is 0 Å². The first-order valence-corrected chi connectivity index (χ1v) is 5.92. The van der Waals surface area contributed by atoms with Crippen LogP contribution in [-0.2, 0) is 13.6 Å². The molecule has 96 valence electrons. The molecule has 5 heteroatoms. The molecule has 0 atom stereocenters. The molecule has 2 heterocycles. The van der Waals surface area contributed by atoms with Crippen molar-refractivity contribution in [2.24, 2.45) is 7.05 Å². The molecule has 2 aromatic heterocycles. The zero-order chi connectivity index (χ0) is 13.1. The van der Waals surface area contributed by atoms with E-state index < -0.39 is 0 Å². The fraction of sp³-hybridized carbons (Fsp3) is 0.385. The smallest absolute Gasteiger partial charge is 0.128 e. The van der Waals surface area contributed by atoms with Gasteiger partial charge in [0.2, 0.25) is 0 Å². The summed E-state index contributed by atoms with van der Waals surface area (Å²) in [5, 5.41) is 7.57. The van der Waals surface area contributed by atoms with Crippen LogP contribution in [0.4, 0.5) is 11.5 Å². The third-order valence-corrected chi connectivity index (χ3v) is 3.03. The van der Waals surface area contributed by atoms with E-state index >= 15 is 0 Å². The fourth-order valence-corrected chi connectivity index (χ4v) is 1.67. The summed E-state index contributed by atoms with van der Waals surface area (Å²) in [6, 6.07) is 4.03. The topological polar surface area (TPSA) is 46.0 Å². The molecule has 2 aromatic rings. The van der Waals surface area contributed by atoms with E-state index in [1.165, 1.54) is 11.3 Å². The normalized spacial score (nSPS) is 10.4. The summed E-state index contributed by atoms with van der Waals surface area (Å²) >= 11 is 0. The SMILES string of the molecule is Cc1c(CNc2ccc(N(C)C)nc2)cnn1C. The average molecular weight is 245 g/mol. The predicted molar refractivity (Wildman–Crippen MR) is 73.8 cm³/mol. The fourth-order valence-electron chi connectivity index (χ4n) is 1.67. The summed E-state index contributed by atoms with van der Waals surface area (Å²) in [6.45, 7) is 2.83. The number of nitrogens with one attached hydrogen (secondary N) is 1. The van der Waals surface area contributed by atoms with Gasteiger partial charge in [-0.3, -0.25) is 4.68 Å². The molecule has 18 heavy (non-hydrogen) atoms. The maximum Gasteiger partial charge on any atom is 0.128 e. The van der Waals surface area contributed by atoms with Crippen LogP contribution in [0.3, 0.4) is 0 Å². The van der Waals surface area contributed by atoms with E-state index in [9.17, 15) is 0 Å². The Balaban J connectivity index is 2.00. The molecule has 0 unspecified atom stereocenters. The van der Waals surface area contributed by atoms with Gasteiger partial charge in [-0.2, -0.15) is 5.10 Å². The third kappa shape index (κ3) is 2.61. The van der Waals surface area contributed by atoms with Crippen molar-refractivity contribution in [2.75, 3.05) is 24.3 Å². The highest BCUT2D eigenvalue weighted by Gasteiger charge is 2.03. The summed E-state index contributed by atoms with van der Waals surface area (Å²) in [5.41, 5.74) is 3.40. The van der Waals surface area contributed by atoms with E-state index in [0.717, 1.165) is 18.1 Å². The van der Waals surface area contributed by atoms with Crippen LogP contribution < -0.4 is 10.2 Å². The lowest BCUT2D eigenvalue weighted by Crippen LogP contribution is -2.10. The summed E-state index contributed by atoms with van der Waals surface area (Å²) < 4.78 is 1.88. The number of nitrogens with zero attached hydrogens (tertiary/aromatic N) is 4. The van der Waals surface area contributed by atoms with Crippen LogP contribution in [0.15, 0.2) is 24.5 Å². The molecule has 1 N–H and O–H groups in total. The lowest BCUT2D eigenvalue weighted by Gasteiger charge is -2.12. The number of rotatable bonds is 4. The molecule has 0 radical (unpaired) electrons. The van der Waals surface area contributed by atoms with E-state index in [0.29, 0.717) is 0 Å². The molecule has 0 aliphatic rings. The van der Waals surface area contributed by atoms with Gasteiger partial charge in [0, 0.05) is 38.9 Å². The van der Waals surface area contributed by atoms with Crippen LogP contribution in [0.2, 0.25) is 0 Å². The molecule has 5 nitrogen and oxygen atoms in total. The Kier molecular flexibility index (Phi) is 3.50. The van der Waals surface area contributed by atoms with Gasteiger partial charge in [0.05, 0.1) is 18.1 Å². The second-order valence-electron chi connectivity index (χ2n) is 4.53. The maximum atomic E-state index is 4.36. The molecule has 0 amide bonds. The molecular formula is C13H19N5. The molecule has 0 spiro atoms. The minimum absolute atomic E-state index is 0.767. The summed E-state index contributed by atoms with van der Waals surface area (Å²) in [5.74, 6) is 0.957. The molecule has 0 fully saturated rings. The highest BCUT2D eigenvalue weighted by Crippen LogP contribution is 2.13. The van der Waals surface area contributed by atoms with E-state index in [-0.39, 0.29) is 0 Å². The monoisotopic (exact) mass is 245 g/mol. The first-order valence-electron chi connectivity index (χ1n) is 5.92. The third-order valence-electron chi connectivity index (χ3n) is 3.03. The standard InChI is InChI=1S/C13H19N5/c1-10-11(8-16-18(10)4)7-14-12-5-6-13(15-9-12)17(2)3/h5-6,8-9,14H,7H2,1-4H3. The highest BCUT2D eigenvalue weighted by atomic mass is 15.3. The molecular weight excluding hydrogens is 226 g/mol. The van der Waals surface area contributed by atoms with Gasteiger partial charge in [-0.1, -0.05) is 0 Å². The average Bonchev–Trinajstić information content (AvgIpc) is 2.68. The van der Waals surface area contributed by atoms with E-state index in [1.54, 1.807) is 0 Å². The van der Waals surface area contributed by atoms with E-state index in [1.807, 2.05) is 55.3 Å². The van der Waals surface area contributed by atoms with Crippen molar-refractivity contribution in [2.45, 2.75) is 13.5 Å². The van der Waals surface area contributed by atoms with Crippen molar-refractivity contribution < 1.29 is 0 Å². The van der Waals surface area contributed by atoms with Gasteiger partial charge in [-0.05, 0) is 19.1 Å². The van der Waals surface area contributed by atoms with Gasteiger partial charge in [0.15, 0.2) is 0 Å². The van der Waals surface area contributed by atoms with Crippen molar-refractivity contribution >= 4 is 11.5 Å². The Morgan fingerprint density at radius 1 is 1.28 bits per heavy atom. The maximum absolute atomic E-state index is 4.36. The number of aryl methyl sites for hydroxylation is 1. The van der Waals surface area contributed by atoms with Gasteiger partial charge in [-0.15, -0.1) is 0 Å². The zero-order valence-corrected chi connectivity index (χ0v) is 11.3. The molecule has 0 saturated carbocycles. The van der Waals surface area contributed by atoms with E-state index in [2.05, 4.69) is 22.3 Å². The minimum atomic E-state index is 0.767. The molecule has 0 aromatic carbocycles. The predicted octanol–water partition coefficient (Wildman–Crippen LogP) is 1.80. The van der Waals surface area contributed by atoms with Gasteiger partial charge in [-0.25, -0.2) is 4.98 Å². The van der Waals surface area contributed by atoms with Crippen LogP contribution in [0, 0.1) is 6.92 Å². The molecule has 0 bridgehead atoms. The molecule has 0 saturated heterocycles. The second-order valence-corrected chi connectivity index (χ2v) is 4.53. The number of anilines is 2. The van der Waals surface area contributed by atoms with Crippen LogP contribution in [-0.4, -0.2) is 28.9 Å². The van der Waals surface area contributed by atoms with Crippen molar-refractivity contribution in [3.8, 4) is 0 Å². The highest BCUT2D eigenvalue weighted by molar-refractivity contribution is 5.48. The number of aromatic nitrogens is 3. The molecule has 0 aliphatic heterocycles. The first-order chi connectivity index (χ1) is 8.58. The van der Waals surface area contributed by atoms with E-state index in [4.69, 9.17) is 0 Å². The lowest BCUT2D eigenvalue weighted by molar-refractivity contribution is 0.738. The largest absolute Gasteiger partial charge is 0.380 e. The Labute approximate surface area is 107 Å². The molecule has 2 rings (SSSR count). The zero-order valence-electron chi connectivity index (χ0n) is 11.3. The lowest BCUT2D eigenvalue weighted by atomic mass is 10.2. The van der Waals surface area contributed by atoms with Crippen LogP contribution in [0.25, 0.3) is 0 Å². The van der Waals surface area contributed by atoms with Crippen LogP contribution >= 0.6 is 0 Å². The number of hydrogen-bond donors (Lipinski definition) is 1. The summed E-state index contributed by atoms with van der Waals surface area (Å²) in [6.07, 6.45) is 3.74. The van der Waals surface area contributed by atoms with Gasteiger partial charge < -0.3 is 10.2 Å². The Morgan fingerprint density at radius 3 is 2.56 bits per heavy atom. The molecule has 0 aliphatic carbocycles. The van der Waals surface area contributed by atoms with Gasteiger partial charge in [0.1, 0.15) is 5.82 Å². The van der Waals surface area contributed by atoms with Crippen LogP contribution in [0.1, 0.15) is 11.3 Å². The number of pyridine rings is 1.